The maximum Gasteiger partial charge on any atom is 0.244 e. The number of aryl methyl sites for hydroxylation is 1. The van der Waals surface area contributed by atoms with Gasteiger partial charge in [-0.25, -0.2) is 8.42 Å². The van der Waals surface area contributed by atoms with Crippen molar-refractivity contribution in [3.8, 4) is 0 Å². The number of nitrogens with zero attached hydrogens (tertiary/aromatic N) is 2. The van der Waals surface area contributed by atoms with Gasteiger partial charge in [0.1, 0.15) is 6.04 Å². The van der Waals surface area contributed by atoms with E-state index in [4.69, 9.17) is 0 Å². The Bertz CT molecular complexity index is 1040. The predicted octanol–water partition coefficient (Wildman–Crippen LogP) is 2.17. The van der Waals surface area contributed by atoms with Crippen molar-refractivity contribution >= 4 is 27.3 Å². The van der Waals surface area contributed by atoms with Crippen molar-refractivity contribution < 1.29 is 18.0 Å². The molecular weight excluding hydrogens is 414 g/mol. The van der Waals surface area contributed by atoms with Gasteiger partial charge < -0.3 is 10.2 Å². The van der Waals surface area contributed by atoms with E-state index in [1.54, 1.807) is 7.05 Å². The van der Waals surface area contributed by atoms with Crippen molar-refractivity contribution in [2.24, 2.45) is 0 Å². The molecule has 0 aromatic heterocycles. The third kappa shape index (κ3) is 5.71. The number of rotatable bonds is 6. The predicted molar refractivity (Wildman–Crippen MR) is 122 cm³/mol. The van der Waals surface area contributed by atoms with Crippen LogP contribution in [0.1, 0.15) is 22.7 Å². The quantitative estimate of drug-likeness (QED) is 0.740. The van der Waals surface area contributed by atoms with Gasteiger partial charge in [-0.15, -0.1) is 0 Å². The van der Waals surface area contributed by atoms with Crippen LogP contribution >= 0.6 is 0 Å². The molecule has 0 bridgehead atoms. The van der Waals surface area contributed by atoms with Gasteiger partial charge in [0.2, 0.25) is 11.8 Å². The van der Waals surface area contributed by atoms with Crippen LogP contribution in [0.5, 0.6) is 0 Å². The highest BCUT2D eigenvalue weighted by Gasteiger charge is 2.34. The molecule has 1 saturated heterocycles. The Morgan fingerprint density at radius 2 is 1.68 bits per heavy atom. The first-order chi connectivity index (χ1) is 14.7. The summed E-state index contributed by atoms with van der Waals surface area (Å²) in [7, 11) is -1.47. The molecule has 3 rings (SSSR count). The maximum absolute atomic E-state index is 13.4. The van der Waals surface area contributed by atoms with Crippen LogP contribution in [0, 0.1) is 13.8 Å². The highest BCUT2D eigenvalue weighted by Crippen LogP contribution is 2.25. The second-order valence-electron chi connectivity index (χ2n) is 7.99. The summed E-state index contributed by atoms with van der Waals surface area (Å²) >= 11 is 0. The van der Waals surface area contributed by atoms with Gasteiger partial charge in [0, 0.05) is 25.8 Å². The van der Waals surface area contributed by atoms with Crippen molar-refractivity contribution in [2.45, 2.75) is 19.9 Å². The molecule has 7 nitrogen and oxygen atoms in total. The van der Waals surface area contributed by atoms with Crippen LogP contribution in [-0.2, 0) is 19.4 Å². The summed E-state index contributed by atoms with van der Waals surface area (Å²) in [5.41, 5.74) is 3.58. The number of likely N-dealkylation sites (N-methyl/N-ethyl adjacent to an activating group) is 1. The summed E-state index contributed by atoms with van der Waals surface area (Å²) in [5, 5.41) is 2.88. The molecule has 1 N–H and O–H groups in total. The minimum atomic E-state index is -3.07. The fourth-order valence-electron chi connectivity index (χ4n) is 3.71. The number of anilines is 1. The molecular formula is C23H29N3O4S. The first-order valence-corrected chi connectivity index (χ1v) is 12.1. The van der Waals surface area contributed by atoms with E-state index in [0.717, 1.165) is 22.4 Å². The van der Waals surface area contributed by atoms with E-state index < -0.39 is 15.9 Å². The molecule has 166 valence electrons. The topological polar surface area (TPSA) is 86.8 Å². The highest BCUT2D eigenvalue weighted by molar-refractivity contribution is 7.91. The second-order valence-corrected chi connectivity index (χ2v) is 10.3. The molecule has 1 aliphatic rings. The summed E-state index contributed by atoms with van der Waals surface area (Å²) in [6.07, 6.45) is 0. The fraction of sp³-hybridized carbons (Fsp3) is 0.391. The van der Waals surface area contributed by atoms with Gasteiger partial charge in [0.15, 0.2) is 9.84 Å². The highest BCUT2D eigenvalue weighted by atomic mass is 32.2. The molecule has 0 spiro atoms. The Hall–Kier alpha value is -2.71. The summed E-state index contributed by atoms with van der Waals surface area (Å²) in [4.78, 5) is 29.3. The van der Waals surface area contributed by atoms with Crippen LogP contribution in [-0.4, -0.2) is 68.2 Å². The van der Waals surface area contributed by atoms with Crippen LogP contribution in [0.2, 0.25) is 0 Å². The number of benzene rings is 2. The Morgan fingerprint density at radius 3 is 2.32 bits per heavy atom. The van der Waals surface area contributed by atoms with E-state index in [9.17, 15) is 18.0 Å². The van der Waals surface area contributed by atoms with Gasteiger partial charge in [-0.3, -0.25) is 14.5 Å². The number of hydrogen-bond acceptors (Lipinski definition) is 5. The fourth-order valence-corrected chi connectivity index (χ4v) is 4.94. The minimum absolute atomic E-state index is 0.0282. The Kier molecular flexibility index (Phi) is 7.12. The lowest BCUT2D eigenvalue weighted by Crippen LogP contribution is -2.49. The standard InChI is InChI=1S/C23H29N3O4S/c1-17-8-7-11-20(18(17)2)24-21(27)16-25(3)23(28)22(19-9-5-4-6-10-19)26-12-14-31(29,30)15-13-26/h4-11,22H,12-16H2,1-3H3,(H,24,27). The van der Waals surface area contributed by atoms with E-state index >= 15 is 0 Å². The van der Waals surface area contributed by atoms with Crippen molar-refractivity contribution in [2.75, 3.05) is 43.5 Å². The number of carbonyl (C=O) groups excluding carboxylic acids is 2. The van der Waals surface area contributed by atoms with Gasteiger partial charge in [0.05, 0.1) is 18.1 Å². The number of nitrogens with one attached hydrogen (secondary N) is 1. The van der Waals surface area contributed by atoms with Crippen LogP contribution < -0.4 is 5.32 Å². The first-order valence-electron chi connectivity index (χ1n) is 10.3. The molecule has 8 heteroatoms. The monoisotopic (exact) mass is 443 g/mol. The van der Waals surface area contributed by atoms with E-state index in [-0.39, 0.29) is 43.0 Å². The van der Waals surface area contributed by atoms with E-state index in [0.29, 0.717) is 0 Å². The smallest absolute Gasteiger partial charge is 0.244 e. The zero-order valence-corrected chi connectivity index (χ0v) is 19.0. The molecule has 1 fully saturated rings. The van der Waals surface area contributed by atoms with Crippen LogP contribution in [0.3, 0.4) is 0 Å². The third-order valence-electron chi connectivity index (χ3n) is 5.73. The Morgan fingerprint density at radius 1 is 1.03 bits per heavy atom. The van der Waals surface area contributed by atoms with E-state index in [1.165, 1.54) is 4.90 Å². The lowest BCUT2D eigenvalue weighted by molar-refractivity contribution is -0.138. The molecule has 1 aliphatic heterocycles. The molecule has 2 aromatic rings. The first kappa shape index (κ1) is 23.0. The van der Waals surface area contributed by atoms with Crippen LogP contribution in [0.25, 0.3) is 0 Å². The number of hydrogen-bond donors (Lipinski definition) is 1. The van der Waals surface area contributed by atoms with Crippen molar-refractivity contribution in [3.05, 3.63) is 65.2 Å². The van der Waals surface area contributed by atoms with Gasteiger partial charge in [-0.05, 0) is 36.6 Å². The number of sulfone groups is 1. The summed E-state index contributed by atoms with van der Waals surface area (Å²) in [6.45, 7) is 4.40. The zero-order chi connectivity index (χ0) is 22.6. The molecule has 1 heterocycles. The average molecular weight is 444 g/mol. The number of carbonyl (C=O) groups is 2. The van der Waals surface area contributed by atoms with Crippen molar-refractivity contribution in [1.82, 2.24) is 9.80 Å². The Labute approximate surface area is 184 Å². The van der Waals surface area contributed by atoms with Gasteiger partial charge in [-0.1, -0.05) is 42.5 Å². The van der Waals surface area contributed by atoms with E-state index in [2.05, 4.69) is 5.32 Å². The molecule has 2 aromatic carbocycles. The zero-order valence-electron chi connectivity index (χ0n) is 18.2. The minimum Gasteiger partial charge on any atom is -0.335 e. The molecule has 31 heavy (non-hydrogen) atoms. The van der Waals surface area contributed by atoms with Gasteiger partial charge in [0.25, 0.3) is 0 Å². The van der Waals surface area contributed by atoms with Crippen LogP contribution in [0.15, 0.2) is 48.5 Å². The van der Waals surface area contributed by atoms with E-state index in [1.807, 2.05) is 67.3 Å². The number of amides is 2. The average Bonchev–Trinajstić information content (AvgIpc) is 2.73. The Balaban J connectivity index is 1.74. The third-order valence-corrected chi connectivity index (χ3v) is 7.34. The lowest BCUT2D eigenvalue weighted by atomic mass is 10.0. The molecule has 0 aliphatic carbocycles. The summed E-state index contributed by atoms with van der Waals surface area (Å²) < 4.78 is 23.7. The maximum atomic E-state index is 13.4. The molecule has 0 radical (unpaired) electrons. The molecule has 2 amide bonds. The summed E-state index contributed by atoms with van der Waals surface area (Å²) in [6, 6.07) is 14.3. The van der Waals surface area contributed by atoms with Gasteiger partial charge in [-0.2, -0.15) is 0 Å². The van der Waals surface area contributed by atoms with Crippen molar-refractivity contribution in [1.29, 1.82) is 0 Å². The lowest BCUT2D eigenvalue weighted by Gasteiger charge is -2.35. The normalized spacial score (nSPS) is 17.0. The largest absolute Gasteiger partial charge is 0.335 e. The van der Waals surface area contributed by atoms with Crippen molar-refractivity contribution in [3.63, 3.8) is 0 Å². The molecule has 1 unspecified atom stereocenters. The second kappa shape index (κ2) is 9.62. The van der Waals surface area contributed by atoms with Gasteiger partial charge >= 0.3 is 0 Å². The molecule has 0 saturated carbocycles. The molecule has 1 atom stereocenters. The summed E-state index contributed by atoms with van der Waals surface area (Å²) in [5.74, 6) is -0.458. The SMILES string of the molecule is Cc1cccc(NC(=O)CN(C)C(=O)C(c2ccccc2)N2CCS(=O)(=O)CC2)c1C. The van der Waals surface area contributed by atoms with Crippen LogP contribution in [0.4, 0.5) is 5.69 Å².